The van der Waals surface area contributed by atoms with E-state index in [1.165, 1.54) is 23.9 Å². The molecule has 0 aromatic heterocycles. The molecular weight excluding hydrogens is 354 g/mol. The van der Waals surface area contributed by atoms with Gasteiger partial charge in [0.1, 0.15) is 6.04 Å². The van der Waals surface area contributed by atoms with Gasteiger partial charge in [-0.25, -0.2) is 18.6 Å². The Labute approximate surface area is 145 Å². The number of hydrazine groups is 1. The second kappa shape index (κ2) is 10.2. The quantitative estimate of drug-likeness (QED) is 0.581. The number of hydrogen-bond donors (Lipinski definition) is 3. The number of sulfonamides is 1. The van der Waals surface area contributed by atoms with Crippen molar-refractivity contribution in [2.45, 2.75) is 24.3 Å². The van der Waals surface area contributed by atoms with Gasteiger partial charge < -0.3 is 4.74 Å². The summed E-state index contributed by atoms with van der Waals surface area (Å²) in [5.41, 5.74) is 4.21. The minimum absolute atomic E-state index is 0.0605. The molecule has 0 spiro atoms. The predicted octanol–water partition coefficient (Wildman–Crippen LogP) is 0.864. The molecule has 0 unspecified atom stereocenters. The van der Waals surface area contributed by atoms with Crippen molar-refractivity contribution in [3.63, 3.8) is 0 Å². The third-order valence-corrected chi connectivity index (χ3v) is 4.97. The summed E-state index contributed by atoms with van der Waals surface area (Å²) in [5, 5.41) is 0. The van der Waals surface area contributed by atoms with Crippen molar-refractivity contribution in [1.29, 1.82) is 0 Å². The minimum atomic E-state index is -3.85. The Morgan fingerprint density at radius 2 is 1.88 bits per heavy atom. The number of ether oxygens (including phenoxy) is 1. The van der Waals surface area contributed by atoms with Crippen molar-refractivity contribution in [1.82, 2.24) is 15.6 Å². The zero-order valence-corrected chi connectivity index (χ0v) is 15.1. The molecule has 1 aromatic rings. The molecule has 1 atom stereocenters. The number of carbonyl (C=O) groups excluding carboxylic acids is 2. The fourth-order valence-electron chi connectivity index (χ4n) is 1.70. The van der Waals surface area contributed by atoms with Crippen LogP contribution in [0.2, 0.25) is 0 Å². The highest BCUT2D eigenvalue weighted by molar-refractivity contribution is 7.98. The van der Waals surface area contributed by atoms with E-state index >= 15 is 0 Å². The summed E-state index contributed by atoms with van der Waals surface area (Å²) in [6.07, 6.45) is 1.29. The topological polar surface area (TPSA) is 114 Å². The Hall–Kier alpha value is -1.78. The van der Waals surface area contributed by atoms with Gasteiger partial charge in [-0.1, -0.05) is 18.2 Å². The van der Waals surface area contributed by atoms with Gasteiger partial charge in [-0.3, -0.25) is 10.2 Å². The smallest absolute Gasteiger partial charge is 0.426 e. The van der Waals surface area contributed by atoms with Gasteiger partial charge in [-0.05, 0) is 37.5 Å². The van der Waals surface area contributed by atoms with E-state index in [2.05, 4.69) is 20.3 Å². The lowest BCUT2D eigenvalue weighted by Crippen LogP contribution is -2.52. The lowest BCUT2D eigenvalue weighted by molar-refractivity contribution is -0.123. The van der Waals surface area contributed by atoms with Gasteiger partial charge in [0.15, 0.2) is 0 Å². The molecule has 0 heterocycles. The van der Waals surface area contributed by atoms with Crippen molar-refractivity contribution >= 4 is 33.8 Å². The molecule has 0 bridgehead atoms. The molecule has 134 valence electrons. The molecule has 0 fully saturated rings. The molecule has 1 aromatic carbocycles. The molecule has 0 aliphatic carbocycles. The molecule has 1 rings (SSSR count). The molecule has 0 radical (unpaired) electrons. The number of amides is 2. The van der Waals surface area contributed by atoms with Gasteiger partial charge in [0.2, 0.25) is 10.0 Å². The van der Waals surface area contributed by atoms with Crippen molar-refractivity contribution in [3.05, 3.63) is 30.3 Å². The van der Waals surface area contributed by atoms with Gasteiger partial charge in [0.05, 0.1) is 11.5 Å². The maximum Gasteiger partial charge on any atom is 0.426 e. The second-order valence-electron chi connectivity index (χ2n) is 4.60. The van der Waals surface area contributed by atoms with Crippen LogP contribution < -0.4 is 15.6 Å². The normalized spacial score (nSPS) is 12.2. The van der Waals surface area contributed by atoms with E-state index in [0.29, 0.717) is 5.75 Å². The van der Waals surface area contributed by atoms with E-state index in [1.807, 2.05) is 6.26 Å². The van der Waals surface area contributed by atoms with Crippen molar-refractivity contribution < 1.29 is 22.7 Å². The van der Waals surface area contributed by atoms with Crippen LogP contribution in [-0.2, 0) is 19.6 Å². The first-order chi connectivity index (χ1) is 11.4. The molecule has 2 amide bonds. The SMILES string of the molecule is CCOC(=O)NNC(=O)[C@H](CCSC)NS(=O)(=O)c1ccccc1. The standard InChI is InChI=1S/C14H21N3O5S2/c1-3-22-14(19)16-15-13(18)12(9-10-23-2)17-24(20,21)11-7-5-4-6-8-11/h4-8,12,17H,3,9-10H2,1-2H3,(H,15,18)(H,16,19)/t12-/m0/s1. The zero-order chi connectivity index (χ0) is 18.0. The van der Waals surface area contributed by atoms with E-state index < -0.39 is 28.1 Å². The highest BCUT2D eigenvalue weighted by atomic mass is 32.2. The Bertz CT molecular complexity index is 637. The average molecular weight is 375 g/mol. The molecule has 0 saturated carbocycles. The fourth-order valence-corrected chi connectivity index (χ4v) is 3.42. The van der Waals surface area contributed by atoms with Crippen LogP contribution in [0.15, 0.2) is 35.2 Å². The van der Waals surface area contributed by atoms with Crippen LogP contribution in [0.4, 0.5) is 4.79 Å². The monoisotopic (exact) mass is 375 g/mol. The maximum absolute atomic E-state index is 12.3. The molecule has 0 aliphatic rings. The van der Waals surface area contributed by atoms with E-state index in [1.54, 1.807) is 25.1 Å². The van der Waals surface area contributed by atoms with E-state index in [4.69, 9.17) is 0 Å². The summed E-state index contributed by atoms with van der Waals surface area (Å²) in [7, 11) is -3.85. The van der Waals surface area contributed by atoms with Gasteiger partial charge in [0, 0.05) is 0 Å². The number of thioether (sulfide) groups is 1. The molecule has 0 aliphatic heterocycles. The largest absolute Gasteiger partial charge is 0.449 e. The number of hydrogen-bond acceptors (Lipinski definition) is 6. The molecule has 3 N–H and O–H groups in total. The minimum Gasteiger partial charge on any atom is -0.449 e. The van der Waals surface area contributed by atoms with Crippen LogP contribution in [0.25, 0.3) is 0 Å². The van der Waals surface area contributed by atoms with E-state index in [0.717, 1.165) is 0 Å². The van der Waals surface area contributed by atoms with Crippen LogP contribution in [-0.4, -0.2) is 45.1 Å². The summed E-state index contributed by atoms with van der Waals surface area (Å²) in [5.74, 6) is -0.106. The van der Waals surface area contributed by atoms with E-state index in [9.17, 15) is 18.0 Å². The summed E-state index contributed by atoms with van der Waals surface area (Å²) in [4.78, 5) is 23.4. The highest BCUT2D eigenvalue weighted by Gasteiger charge is 2.25. The number of rotatable bonds is 8. The highest BCUT2D eigenvalue weighted by Crippen LogP contribution is 2.10. The lowest BCUT2D eigenvalue weighted by atomic mass is 10.2. The first-order valence-corrected chi connectivity index (χ1v) is 10.1. The Balaban J connectivity index is 2.77. The molecule has 0 saturated heterocycles. The summed E-state index contributed by atoms with van der Waals surface area (Å²) < 4.78 is 31.7. The van der Waals surface area contributed by atoms with Crippen LogP contribution in [0.5, 0.6) is 0 Å². The van der Waals surface area contributed by atoms with Gasteiger partial charge >= 0.3 is 6.09 Å². The molecular formula is C14H21N3O5S2. The Morgan fingerprint density at radius 1 is 1.21 bits per heavy atom. The summed E-state index contributed by atoms with van der Waals surface area (Å²) in [6, 6.07) is 6.72. The Morgan fingerprint density at radius 3 is 2.46 bits per heavy atom. The second-order valence-corrected chi connectivity index (χ2v) is 7.30. The van der Waals surface area contributed by atoms with Crippen molar-refractivity contribution in [2.75, 3.05) is 18.6 Å². The van der Waals surface area contributed by atoms with Gasteiger partial charge in [-0.2, -0.15) is 16.5 Å². The number of benzene rings is 1. The first-order valence-electron chi connectivity index (χ1n) is 7.19. The van der Waals surface area contributed by atoms with Crippen LogP contribution >= 0.6 is 11.8 Å². The third kappa shape index (κ3) is 6.77. The Kier molecular flexibility index (Phi) is 8.58. The molecule has 24 heavy (non-hydrogen) atoms. The summed E-state index contributed by atoms with van der Waals surface area (Å²) in [6.45, 7) is 1.77. The number of nitrogens with one attached hydrogen (secondary N) is 3. The zero-order valence-electron chi connectivity index (χ0n) is 13.4. The third-order valence-electron chi connectivity index (χ3n) is 2.84. The van der Waals surface area contributed by atoms with Gasteiger partial charge in [0.25, 0.3) is 5.91 Å². The lowest BCUT2D eigenvalue weighted by Gasteiger charge is -2.18. The summed E-state index contributed by atoms with van der Waals surface area (Å²) >= 11 is 1.47. The van der Waals surface area contributed by atoms with Crippen LogP contribution in [0.1, 0.15) is 13.3 Å². The van der Waals surface area contributed by atoms with Gasteiger partial charge in [-0.15, -0.1) is 0 Å². The maximum atomic E-state index is 12.3. The molecule has 8 nitrogen and oxygen atoms in total. The number of carbonyl (C=O) groups is 2. The fraction of sp³-hybridized carbons (Fsp3) is 0.429. The van der Waals surface area contributed by atoms with Crippen molar-refractivity contribution in [2.24, 2.45) is 0 Å². The van der Waals surface area contributed by atoms with Crippen LogP contribution in [0, 0.1) is 0 Å². The van der Waals surface area contributed by atoms with Crippen molar-refractivity contribution in [3.8, 4) is 0 Å². The molecule has 10 heteroatoms. The van der Waals surface area contributed by atoms with E-state index in [-0.39, 0.29) is 17.9 Å². The average Bonchev–Trinajstić information content (AvgIpc) is 2.57. The van der Waals surface area contributed by atoms with Crippen LogP contribution in [0.3, 0.4) is 0 Å². The first kappa shape index (κ1) is 20.3. The predicted molar refractivity (Wildman–Crippen MR) is 91.9 cm³/mol.